The minimum atomic E-state index is 0.304. The Morgan fingerprint density at radius 1 is 1.21 bits per heavy atom. The zero-order chi connectivity index (χ0) is 13.8. The molecule has 0 aliphatic rings. The van der Waals surface area contributed by atoms with Crippen molar-refractivity contribution in [2.45, 2.75) is 0 Å². The van der Waals surface area contributed by atoms with Gasteiger partial charge in [-0.25, -0.2) is 0 Å². The molecule has 98 valence electrons. The number of hydrogen-bond donors (Lipinski definition) is 2. The number of nitrogens with one attached hydrogen (secondary N) is 1. The Bertz CT molecular complexity index is 599. The van der Waals surface area contributed by atoms with Gasteiger partial charge >= 0.3 is 0 Å². The van der Waals surface area contributed by atoms with Crippen molar-refractivity contribution in [3.8, 4) is 5.75 Å². The number of anilines is 2. The van der Waals surface area contributed by atoms with E-state index in [2.05, 4.69) is 5.32 Å². The molecule has 0 radical (unpaired) electrons. The van der Waals surface area contributed by atoms with Crippen molar-refractivity contribution in [2.75, 3.05) is 12.4 Å². The molecule has 0 spiro atoms. The number of ether oxygens (including phenoxy) is 1. The molecule has 0 heterocycles. The van der Waals surface area contributed by atoms with Gasteiger partial charge in [-0.2, -0.15) is 0 Å². The lowest BCUT2D eigenvalue weighted by molar-refractivity contribution is 0.415. The first kappa shape index (κ1) is 13.6. The smallest absolute Gasteiger partial charge is 0.119 e. The van der Waals surface area contributed by atoms with Crippen LogP contribution in [-0.2, 0) is 0 Å². The summed E-state index contributed by atoms with van der Waals surface area (Å²) in [7, 11) is 1.63. The molecule has 2 aromatic carbocycles. The summed E-state index contributed by atoms with van der Waals surface area (Å²) in [6.45, 7) is 0. The van der Waals surface area contributed by atoms with Gasteiger partial charge in [-0.3, -0.25) is 0 Å². The van der Waals surface area contributed by atoms with Crippen molar-refractivity contribution in [1.82, 2.24) is 0 Å². The molecule has 0 atom stereocenters. The Kier molecular flexibility index (Phi) is 4.24. The fourth-order valence-electron chi connectivity index (χ4n) is 1.66. The number of halogens is 1. The second-order valence-corrected chi connectivity index (χ2v) is 4.78. The third-order valence-electron chi connectivity index (χ3n) is 2.62. The van der Waals surface area contributed by atoms with E-state index < -0.39 is 0 Å². The molecule has 0 bridgehead atoms. The number of thiocarbonyl (C=S) groups is 1. The summed E-state index contributed by atoms with van der Waals surface area (Å²) in [6, 6.07) is 13.0. The van der Waals surface area contributed by atoms with Gasteiger partial charge in [0.05, 0.1) is 7.11 Å². The molecule has 0 aromatic heterocycles. The van der Waals surface area contributed by atoms with Gasteiger partial charge in [-0.15, -0.1) is 0 Å². The molecule has 2 aromatic rings. The lowest BCUT2D eigenvalue weighted by Crippen LogP contribution is -2.11. The lowest BCUT2D eigenvalue weighted by Gasteiger charge is -2.12. The standard InChI is InChI=1S/C14H13ClN2OS/c1-18-11-5-3-10(4-6-11)17-13-7-2-9(15)8-12(13)14(16)19/h2-8,17H,1H3,(H2,16,19). The molecule has 0 fully saturated rings. The van der Waals surface area contributed by atoms with Crippen LogP contribution in [0.5, 0.6) is 5.75 Å². The molecular formula is C14H13ClN2OS. The van der Waals surface area contributed by atoms with E-state index in [9.17, 15) is 0 Å². The van der Waals surface area contributed by atoms with Crippen LogP contribution in [0.2, 0.25) is 5.02 Å². The topological polar surface area (TPSA) is 47.3 Å². The first-order valence-corrected chi connectivity index (χ1v) is 6.39. The number of methoxy groups -OCH3 is 1. The quantitative estimate of drug-likeness (QED) is 0.843. The molecule has 0 unspecified atom stereocenters. The molecule has 0 amide bonds. The molecule has 0 saturated carbocycles. The van der Waals surface area contributed by atoms with E-state index in [1.807, 2.05) is 30.3 Å². The van der Waals surface area contributed by atoms with Gasteiger partial charge in [0.15, 0.2) is 0 Å². The fraction of sp³-hybridized carbons (Fsp3) is 0.0714. The van der Waals surface area contributed by atoms with Crippen molar-refractivity contribution in [3.63, 3.8) is 0 Å². The summed E-state index contributed by atoms with van der Waals surface area (Å²) >= 11 is 11.0. The largest absolute Gasteiger partial charge is 0.497 e. The van der Waals surface area contributed by atoms with E-state index in [0.717, 1.165) is 22.7 Å². The molecule has 0 aliphatic carbocycles. The Morgan fingerprint density at radius 3 is 2.47 bits per heavy atom. The lowest BCUT2D eigenvalue weighted by atomic mass is 10.1. The van der Waals surface area contributed by atoms with E-state index in [4.69, 9.17) is 34.3 Å². The van der Waals surface area contributed by atoms with Crippen LogP contribution in [0, 0.1) is 0 Å². The highest BCUT2D eigenvalue weighted by atomic mass is 35.5. The fourth-order valence-corrected chi connectivity index (χ4v) is 2.00. The molecule has 0 aliphatic heterocycles. The van der Waals surface area contributed by atoms with Gasteiger partial charge in [-0.1, -0.05) is 23.8 Å². The minimum Gasteiger partial charge on any atom is -0.497 e. The van der Waals surface area contributed by atoms with Crippen LogP contribution in [0.1, 0.15) is 5.56 Å². The van der Waals surface area contributed by atoms with Crippen LogP contribution in [0.3, 0.4) is 0 Å². The minimum absolute atomic E-state index is 0.304. The monoisotopic (exact) mass is 292 g/mol. The van der Waals surface area contributed by atoms with Crippen molar-refractivity contribution in [3.05, 3.63) is 53.1 Å². The van der Waals surface area contributed by atoms with Gasteiger partial charge in [0.1, 0.15) is 10.7 Å². The van der Waals surface area contributed by atoms with Crippen LogP contribution in [0.15, 0.2) is 42.5 Å². The molecule has 2 rings (SSSR count). The summed E-state index contributed by atoms with van der Waals surface area (Å²) in [6.07, 6.45) is 0. The number of hydrogen-bond acceptors (Lipinski definition) is 3. The maximum Gasteiger partial charge on any atom is 0.119 e. The van der Waals surface area contributed by atoms with Crippen LogP contribution in [0.25, 0.3) is 0 Å². The maximum absolute atomic E-state index is 5.94. The van der Waals surface area contributed by atoms with Crippen molar-refractivity contribution >= 4 is 40.2 Å². The maximum atomic E-state index is 5.94. The normalized spacial score (nSPS) is 10.0. The van der Waals surface area contributed by atoms with Crippen molar-refractivity contribution in [2.24, 2.45) is 5.73 Å². The summed E-state index contributed by atoms with van der Waals surface area (Å²) < 4.78 is 5.11. The van der Waals surface area contributed by atoms with Gasteiger partial charge in [-0.05, 0) is 42.5 Å². The highest BCUT2D eigenvalue weighted by Crippen LogP contribution is 2.25. The van der Waals surface area contributed by atoms with Crippen molar-refractivity contribution in [1.29, 1.82) is 0 Å². The van der Waals surface area contributed by atoms with Crippen LogP contribution < -0.4 is 15.8 Å². The van der Waals surface area contributed by atoms with E-state index in [1.165, 1.54) is 0 Å². The Morgan fingerprint density at radius 2 is 1.89 bits per heavy atom. The highest BCUT2D eigenvalue weighted by Gasteiger charge is 2.06. The molecule has 0 saturated heterocycles. The SMILES string of the molecule is COc1ccc(Nc2ccc(Cl)cc2C(N)=S)cc1. The van der Waals surface area contributed by atoms with Crippen molar-refractivity contribution < 1.29 is 4.74 Å². The second kappa shape index (κ2) is 5.91. The summed E-state index contributed by atoms with van der Waals surface area (Å²) in [5, 5.41) is 3.85. The van der Waals surface area contributed by atoms with Crippen LogP contribution in [-0.4, -0.2) is 12.1 Å². The third kappa shape index (κ3) is 3.36. The van der Waals surface area contributed by atoms with Gasteiger partial charge in [0.25, 0.3) is 0 Å². The zero-order valence-electron chi connectivity index (χ0n) is 10.3. The Labute approximate surface area is 122 Å². The first-order valence-electron chi connectivity index (χ1n) is 5.60. The van der Waals surface area contributed by atoms with Gasteiger partial charge < -0.3 is 15.8 Å². The average molecular weight is 293 g/mol. The highest BCUT2D eigenvalue weighted by molar-refractivity contribution is 7.80. The summed E-state index contributed by atoms with van der Waals surface area (Å²) in [4.78, 5) is 0.304. The molecule has 3 nitrogen and oxygen atoms in total. The predicted octanol–water partition coefficient (Wildman–Crippen LogP) is 3.73. The molecule has 3 N–H and O–H groups in total. The van der Waals surface area contributed by atoms with E-state index in [0.29, 0.717) is 10.0 Å². The number of benzene rings is 2. The van der Waals surface area contributed by atoms with Crippen LogP contribution in [0.4, 0.5) is 11.4 Å². The summed E-state index contributed by atoms with van der Waals surface area (Å²) in [5.74, 6) is 0.802. The van der Waals surface area contributed by atoms with E-state index in [-0.39, 0.29) is 0 Å². The Hall–Kier alpha value is -1.78. The molecular weight excluding hydrogens is 280 g/mol. The van der Waals surface area contributed by atoms with Gasteiger partial charge in [0.2, 0.25) is 0 Å². The molecule has 19 heavy (non-hydrogen) atoms. The Balaban J connectivity index is 2.29. The number of nitrogens with two attached hydrogens (primary N) is 1. The molecule has 5 heteroatoms. The average Bonchev–Trinajstić information content (AvgIpc) is 2.41. The number of rotatable bonds is 4. The third-order valence-corrected chi connectivity index (χ3v) is 3.07. The zero-order valence-corrected chi connectivity index (χ0v) is 11.9. The predicted molar refractivity (Wildman–Crippen MR) is 83.6 cm³/mol. The van der Waals surface area contributed by atoms with Crippen LogP contribution >= 0.6 is 23.8 Å². The first-order chi connectivity index (χ1) is 9.10. The van der Waals surface area contributed by atoms with Gasteiger partial charge in [0, 0.05) is 22.0 Å². The van der Waals surface area contributed by atoms with E-state index in [1.54, 1.807) is 19.2 Å². The second-order valence-electron chi connectivity index (χ2n) is 3.91. The van der Waals surface area contributed by atoms with E-state index >= 15 is 0 Å². The summed E-state index contributed by atoms with van der Waals surface area (Å²) in [5.41, 5.74) is 8.15.